The SMILES string of the molecule is CN1C(=O)CC(N2CC(c3ccc(Br)cn3)C2)C1=O. The van der Waals surface area contributed by atoms with E-state index in [2.05, 4.69) is 25.8 Å². The molecule has 0 saturated carbocycles. The number of imide groups is 1. The second-order valence-corrected chi connectivity index (χ2v) is 5.98. The van der Waals surface area contributed by atoms with Crippen LogP contribution in [0.3, 0.4) is 0 Å². The van der Waals surface area contributed by atoms with Gasteiger partial charge in [0.05, 0.1) is 12.5 Å². The summed E-state index contributed by atoms with van der Waals surface area (Å²) in [5.41, 5.74) is 1.05. The largest absolute Gasteiger partial charge is 0.290 e. The van der Waals surface area contributed by atoms with Crippen LogP contribution in [-0.4, -0.2) is 52.8 Å². The van der Waals surface area contributed by atoms with Crippen molar-refractivity contribution >= 4 is 27.7 Å². The predicted molar refractivity (Wildman–Crippen MR) is 72.4 cm³/mol. The topological polar surface area (TPSA) is 53.5 Å². The molecule has 2 aliphatic rings. The molecule has 0 N–H and O–H groups in total. The van der Waals surface area contributed by atoms with Gasteiger partial charge in [-0.25, -0.2) is 0 Å². The Morgan fingerprint density at radius 3 is 2.58 bits per heavy atom. The van der Waals surface area contributed by atoms with Crippen LogP contribution >= 0.6 is 15.9 Å². The summed E-state index contributed by atoms with van der Waals surface area (Å²) in [5, 5.41) is 0. The maximum absolute atomic E-state index is 11.9. The minimum atomic E-state index is -0.260. The van der Waals surface area contributed by atoms with E-state index in [9.17, 15) is 9.59 Å². The first-order chi connectivity index (χ1) is 9.06. The molecule has 2 amide bonds. The molecule has 1 unspecified atom stereocenters. The van der Waals surface area contributed by atoms with E-state index < -0.39 is 0 Å². The van der Waals surface area contributed by atoms with Gasteiger partial charge in [-0.05, 0) is 28.1 Å². The van der Waals surface area contributed by atoms with Crippen LogP contribution in [0, 0.1) is 0 Å². The summed E-state index contributed by atoms with van der Waals surface area (Å²) >= 11 is 3.36. The molecule has 1 aromatic rings. The number of amides is 2. The van der Waals surface area contributed by atoms with Gasteiger partial charge < -0.3 is 0 Å². The van der Waals surface area contributed by atoms with E-state index in [4.69, 9.17) is 0 Å². The molecule has 0 bridgehead atoms. The molecule has 0 spiro atoms. The number of likely N-dealkylation sites (tertiary alicyclic amines) is 2. The Balaban J connectivity index is 1.63. The molecular weight excluding hydrogens is 310 g/mol. The fourth-order valence-electron chi connectivity index (χ4n) is 2.60. The highest BCUT2D eigenvalue weighted by molar-refractivity contribution is 9.10. The molecule has 1 aromatic heterocycles. The Bertz CT molecular complexity index is 525. The Morgan fingerprint density at radius 2 is 2.05 bits per heavy atom. The fourth-order valence-corrected chi connectivity index (χ4v) is 2.84. The second-order valence-electron chi connectivity index (χ2n) is 5.06. The summed E-state index contributed by atoms with van der Waals surface area (Å²) in [6.45, 7) is 1.60. The van der Waals surface area contributed by atoms with Crippen molar-refractivity contribution in [3.63, 3.8) is 0 Å². The number of nitrogens with zero attached hydrogens (tertiary/aromatic N) is 3. The van der Waals surface area contributed by atoms with Crippen molar-refractivity contribution in [2.45, 2.75) is 18.4 Å². The highest BCUT2D eigenvalue weighted by Crippen LogP contribution is 2.31. The van der Waals surface area contributed by atoms with Crippen molar-refractivity contribution in [1.29, 1.82) is 0 Å². The van der Waals surface area contributed by atoms with Gasteiger partial charge >= 0.3 is 0 Å². The van der Waals surface area contributed by atoms with Gasteiger partial charge in [0.1, 0.15) is 0 Å². The molecule has 2 aliphatic heterocycles. The van der Waals surface area contributed by atoms with Crippen LogP contribution in [0.15, 0.2) is 22.8 Å². The van der Waals surface area contributed by atoms with Crippen molar-refractivity contribution in [1.82, 2.24) is 14.8 Å². The summed E-state index contributed by atoms with van der Waals surface area (Å²) < 4.78 is 0.964. The summed E-state index contributed by atoms with van der Waals surface area (Å²) in [7, 11) is 1.55. The number of carbonyl (C=O) groups is 2. The number of pyridine rings is 1. The molecule has 3 rings (SSSR count). The Kier molecular flexibility index (Phi) is 3.14. The number of hydrogen-bond acceptors (Lipinski definition) is 4. The van der Waals surface area contributed by atoms with Gasteiger partial charge in [0.25, 0.3) is 0 Å². The van der Waals surface area contributed by atoms with Gasteiger partial charge in [-0.15, -0.1) is 0 Å². The summed E-state index contributed by atoms with van der Waals surface area (Å²) in [6, 6.07) is 3.72. The average molecular weight is 324 g/mol. The zero-order valence-corrected chi connectivity index (χ0v) is 12.1. The van der Waals surface area contributed by atoms with Gasteiger partial charge in [-0.3, -0.25) is 24.4 Å². The van der Waals surface area contributed by atoms with E-state index in [0.717, 1.165) is 23.3 Å². The van der Waals surface area contributed by atoms with E-state index in [-0.39, 0.29) is 17.9 Å². The van der Waals surface area contributed by atoms with Crippen molar-refractivity contribution in [2.24, 2.45) is 0 Å². The van der Waals surface area contributed by atoms with Crippen LogP contribution < -0.4 is 0 Å². The highest BCUT2D eigenvalue weighted by atomic mass is 79.9. The molecular formula is C13H14BrN3O2. The third kappa shape index (κ3) is 2.19. The first kappa shape index (κ1) is 12.7. The third-order valence-electron chi connectivity index (χ3n) is 3.88. The van der Waals surface area contributed by atoms with E-state index in [1.165, 1.54) is 4.90 Å². The highest BCUT2D eigenvalue weighted by Gasteiger charge is 2.44. The predicted octanol–water partition coefficient (Wildman–Crippen LogP) is 1.00. The maximum atomic E-state index is 11.9. The van der Waals surface area contributed by atoms with E-state index in [1.807, 2.05) is 12.1 Å². The molecule has 2 saturated heterocycles. The molecule has 1 atom stereocenters. The van der Waals surface area contributed by atoms with Crippen molar-refractivity contribution in [2.75, 3.05) is 20.1 Å². The normalized spacial score (nSPS) is 24.9. The Morgan fingerprint density at radius 1 is 1.32 bits per heavy atom. The molecule has 2 fully saturated rings. The van der Waals surface area contributed by atoms with Crippen LogP contribution in [0.25, 0.3) is 0 Å². The van der Waals surface area contributed by atoms with Gasteiger partial charge in [-0.2, -0.15) is 0 Å². The van der Waals surface area contributed by atoms with Crippen molar-refractivity contribution < 1.29 is 9.59 Å². The van der Waals surface area contributed by atoms with Gasteiger partial charge in [0, 0.05) is 42.4 Å². The lowest BCUT2D eigenvalue weighted by molar-refractivity contribution is -0.138. The number of carbonyl (C=O) groups excluding carboxylic acids is 2. The standard InChI is InChI=1S/C13H14BrN3O2/c1-16-12(18)4-11(13(16)19)17-6-8(7-17)10-3-2-9(14)5-15-10/h2-3,5,8,11H,4,6-7H2,1H3. The van der Waals surface area contributed by atoms with Crippen LogP contribution in [-0.2, 0) is 9.59 Å². The quantitative estimate of drug-likeness (QED) is 0.762. The maximum Gasteiger partial charge on any atom is 0.246 e. The minimum Gasteiger partial charge on any atom is -0.290 e. The van der Waals surface area contributed by atoms with E-state index in [1.54, 1.807) is 13.2 Å². The number of likely N-dealkylation sites (N-methyl/N-ethyl adjacent to an activating group) is 1. The Hall–Kier alpha value is -1.27. The first-order valence-electron chi connectivity index (χ1n) is 6.22. The monoisotopic (exact) mass is 323 g/mol. The number of hydrogen-bond donors (Lipinski definition) is 0. The molecule has 3 heterocycles. The van der Waals surface area contributed by atoms with Crippen LogP contribution in [0.4, 0.5) is 0 Å². The average Bonchev–Trinajstić information content (AvgIpc) is 2.58. The first-order valence-corrected chi connectivity index (χ1v) is 7.01. The molecule has 5 nitrogen and oxygen atoms in total. The molecule has 0 aliphatic carbocycles. The lowest BCUT2D eigenvalue weighted by Gasteiger charge is -2.41. The van der Waals surface area contributed by atoms with Gasteiger partial charge in [0.2, 0.25) is 11.8 Å². The molecule has 6 heteroatoms. The zero-order chi connectivity index (χ0) is 13.6. The number of halogens is 1. The smallest absolute Gasteiger partial charge is 0.246 e. The van der Waals surface area contributed by atoms with Crippen LogP contribution in [0.5, 0.6) is 0 Å². The summed E-state index contributed by atoms with van der Waals surface area (Å²) in [4.78, 5) is 31.0. The lowest BCUT2D eigenvalue weighted by atomic mass is 9.93. The van der Waals surface area contributed by atoms with Crippen LogP contribution in [0.2, 0.25) is 0 Å². The number of aromatic nitrogens is 1. The van der Waals surface area contributed by atoms with E-state index in [0.29, 0.717) is 12.3 Å². The molecule has 19 heavy (non-hydrogen) atoms. The molecule has 0 radical (unpaired) electrons. The number of rotatable bonds is 2. The van der Waals surface area contributed by atoms with Crippen LogP contribution in [0.1, 0.15) is 18.0 Å². The molecule has 0 aromatic carbocycles. The van der Waals surface area contributed by atoms with Crippen molar-refractivity contribution in [3.05, 3.63) is 28.5 Å². The second kappa shape index (κ2) is 4.68. The zero-order valence-electron chi connectivity index (χ0n) is 10.5. The van der Waals surface area contributed by atoms with E-state index >= 15 is 0 Å². The summed E-state index contributed by atoms with van der Waals surface area (Å²) in [6.07, 6.45) is 2.10. The Labute approximate surface area is 119 Å². The third-order valence-corrected chi connectivity index (χ3v) is 4.35. The molecule has 100 valence electrons. The van der Waals surface area contributed by atoms with Gasteiger partial charge in [-0.1, -0.05) is 0 Å². The summed E-state index contributed by atoms with van der Waals surface area (Å²) in [5.74, 6) is 0.203. The van der Waals surface area contributed by atoms with Gasteiger partial charge in [0.15, 0.2) is 0 Å². The fraction of sp³-hybridized carbons (Fsp3) is 0.462. The van der Waals surface area contributed by atoms with Crippen molar-refractivity contribution in [3.8, 4) is 0 Å². The lowest BCUT2D eigenvalue weighted by Crippen LogP contribution is -2.53. The minimum absolute atomic E-state index is 0.0767.